The van der Waals surface area contributed by atoms with Crippen molar-refractivity contribution in [2.75, 3.05) is 13.1 Å². The van der Waals surface area contributed by atoms with Gasteiger partial charge in [0.1, 0.15) is 0 Å². The van der Waals surface area contributed by atoms with Gasteiger partial charge in [-0.15, -0.1) is 0 Å². The third-order valence-corrected chi connectivity index (χ3v) is 3.19. The van der Waals surface area contributed by atoms with Crippen molar-refractivity contribution in [3.8, 4) is 0 Å². The van der Waals surface area contributed by atoms with Crippen LogP contribution in [0.15, 0.2) is 18.2 Å². The summed E-state index contributed by atoms with van der Waals surface area (Å²) < 4.78 is 0. The Morgan fingerprint density at radius 3 is 2.59 bits per heavy atom. The maximum absolute atomic E-state index is 10.6. The molecule has 0 spiro atoms. The van der Waals surface area contributed by atoms with Crippen LogP contribution in [0.3, 0.4) is 0 Å². The Bertz CT molecular complexity index is 358. The Balaban J connectivity index is 2.71. The van der Waals surface area contributed by atoms with Gasteiger partial charge in [-0.05, 0) is 57.8 Å². The van der Waals surface area contributed by atoms with Gasteiger partial charge in [0, 0.05) is 0 Å². The summed E-state index contributed by atoms with van der Waals surface area (Å²) in [6.07, 6.45) is 1.88. The molecular formula is C15H25NO. The van der Waals surface area contributed by atoms with Crippen LogP contribution in [0.1, 0.15) is 43.4 Å². The van der Waals surface area contributed by atoms with Crippen molar-refractivity contribution < 1.29 is 5.11 Å². The number of hydrogen-bond acceptors (Lipinski definition) is 2. The number of rotatable bonds is 6. The third kappa shape index (κ3) is 4.14. The lowest BCUT2D eigenvalue weighted by Gasteiger charge is -2.26. The van der Waals surface area contributed by atoms with E-state index in [0.717, 1.165) is 37.1 Å². The van der Waals surface area contributed by atoms with Crippen LogP contribution < -0.4 is 5.32 Å². The molecule has 96 valence electrons. The molecule has 2 nitrogen and oxygen atoms in total. The molecule has 0 fully saturated rings. The first kappa shape index (κ1) is 14.2. The SMILES string of the molecule is CCCNCCC(C)(O)c1cc(C)ccc1C. The zero-order valence-electron chi connectivity index (χ0n) is 11.5. The van der Waals surface area contributed by atoms with Crippen molar-refractivity contribution in [1.82, 2.24) is 5.32 Å². The van der Waals surface area contributed by atoms with E-state index < -0.39 is 5.60 Å². The number of benzene rings is 1. The fourth-order valence-electron chi connectivity index (χ4n) is 2.08. The second-order valence-electron chi connectivity index (χ2n) is 5.09. The van der Waals surface area contributed by atoms with Crippen molar-refractivity contribution in [2.24, 2.45) is 0 Å². The molecular weight excluding hydrogens is 210 g/mol. The highest BCUT2D eigenvalue weighted by atomic mass is 16.3. The molecule has 0 aliphatic rings. The summed E-state index contributed by atoms with van der Waals surface area (Å²) in [7, 11) is 0. The first-order valence-corrected chi connectivity index (χ1v) is 6.48. The fraction of sp³-hybridized carbons (Fsp3) is 0.600. The molecule has 1 atom stereocenters. The number of hydrogen-bond donors (Lipinski definition) is 2. The van der Waals surface area contributed by atoms with Crippen LogP contribution in [0.4, 0.5) is 0 Å². The zero-order valence-corrected chi connectivity index (χ0v) is 11.5. The second kappa shape index (κ2) is 6.18. The van der Waals surface area contributed by atoms with Crippen LogP contribution in [-0.4, -0.2) is 18.2 Å². The van der Waals surface area contributed by atoms with Crippen LogP contribution in [-0.2, 0) is 5.60 Å². The smallest absolute Gasteiger partial charge is 0.0883 e. The van der Waals surface area contributed by atoms with E-state index in [1.54, 1.807) is 0 Å². The molecule has 0 saturated carbocycles. The fourth-order valence-corrected chi connectivity index (χ4v) is 2.08. The summed E-state index contributed by atoms with van der Waals surface area (Å²) in [5, 5.41) is 13.9. The molecule has 2 N–H and O–H groups in total. The lowest BCUT2D eigenvalue weighted by molar-refractivity contribution is 0.0474. The molecule has 0 aliphatic carbocycles. The molecule has 0 aromatic heterocycles. The van der Waals surface area contributed by atoms with Gasteiger partial charge in [-0.2, -0.15) is 0 Å². The second-order valence-corrected chi connectivity index (χ2v) is 5.09. The predicted molar refractivity (Wildman–Crippen MR) is 73.3 cm³/mol. The van der Waals surface area contributed by atoms with Crippen LogP contribution in [0.25, 0.3) is 0 Å². The average molecular weight is 235 g/mol. The topological polar surface area (TPSA) is 32.3 Å². The minimum absolute atomic E-state index is 0.739. The molecule has 0 bridgehead atoms. The Hall–Kier alpha value is -0.860. The van der Waals surface area contributed by atoms with Gasteiger partial charge in [0.15, 0.2) is 0 Å². The maximum atomic E-state index is 10.6. The summed E-state index contributed by atoms with van der Waals surface area (Å²) in [5.41, 5.74) is 2.68. The van der Waals surface area contributed by atoms with E-state index in [1.807, 2.05) is 6.92 Å². The molecule has 0 saturated heterocycles. The van der Waals surface area contributed by atoms with Crippen LogP contribution in [0.5, 0.6) is 0 Å². The van der Waals surface area contributed by atoms with E-state index in [2.05, 4.69) is 44.3 Å². The zero-order chi connectivity index (χ0) is 12.9. The number of nitrogens with one attached hydrogen (secondary N) is 1. The van der Waals surface area contributed by atoms with Crippen LogP contribution >= 0.6 is 0 Å². The Morgan fingerprint density at radius 1 is 1.24 bits per heavy atom. The van der Waals surface area contributed by atoms with Gasteiger partial charge in [0.05, 0.1) is 5.60 Å². The summed E-state index contributed by atoms with van der Waals surface area (Å²) in [6, 6.07) is 6.26. The van der Waals surface area contributed by atoms with Gasteiger partial charge in [-0.3, -0.25) is 0 Å². The molecule has 0 amide bonds. The van der Waals surface area contributed by atoms with E-state index in [-0.39, 0.29) is 0 Å². The van der Waals surface area contributed by atoms with Crippen molar-refractivity contribution in [2.45, 2.75) is 46.1 Å². The lowest BCUT2D eigenvalue weighted by atomic mass is 9.88. The third-order valence-electron chi connectivity index (χ3n) is 3.19. The average Bonchev–Trinajstić information content (AvgIpc) is 2.28. The molecule has 1 unspecified atom stereocenters. The molecule has 2 heteroatoms. The summed E-state index contributed by atoms with van der Waals surface area (Å²) in [6.45, 7) is 10.0. The normalized spacial score (nSPS) is 14.6. The van der Waals surface area contributed by atoms with Crippen LogP contribution in [0.2, 0.25) is 0 Å². The van der Waals surface area contributed by atoms with Gasteiger partial charge in [-0.25, -0.2) is 0 Å². The molecule has 1 aromatic rings. The summed E-state index contributed by atoms with van der Waals surface area (Å²) >= 11 is 0. The van der Waals surface area contributed by atoms with Gasteiger partial charge >= 0.3 is 0 Å². The highest BCUT2D eigenvalue weighted by molar-refractivity contribution is 5.34. The van der Waals surface area contributed by atoms with Crippen LogP contribution in [0, 0.1) is 13.8 Å². The van der Waals surface area contributed by atoms with Gasteiger partial charge in [0.2, 0.25) is 0 Å². The van der Waals surface area contributed by atoms with Crippen molar-refractivity contribution in [3.63, 3.8) is 0 Å². The Kier molecular flexibility index (Phi) is 5.16. The largest absolute Gasteiger partial charge is 0.385 e. The summed E-state index contributed by atoms with van der Waals surface area (Å²) in [5.74, 6) is 0. The predicted octanol–water partition coefficient (Wildman–Crippen LogP) is 2.90. The standard InChI is InChI=1S/C15H25NO/c1-5-9-16-10-8-15(4,17)14-11-12(2)6-7-13(14)3/h6-7,11,16-17H,5,8-10H2,1-4H3. The Morgan fingerprint density at radius 2 is 1.94 bits per heavy atom. The van der Waals surface area contributed by atoms with E-state index in [4.69, 9.17) is 0 Å². The van der Waals surface area contributed by atoms with Gasteiger partial charge < -0.3 is 10.4 Å². The minimum Gasteiger partial charge on any atom is -0.385 e. The number of aliphatic hydroxyl groups is 1. The minimum atomic E-state index is -0.739. The van der Waals surface area contributed by atoms with E-state index in [9.17, 15) is 5.11 Å². The molecule has 0 aliphatic heterocycles. The first-order chi connectivity index (χ1) is 7.97. The quantitative estimate of drug-likeness (QED) is 0.743. The number of aryl methyl sites for hydroxylation is 2. The molecule has 1 rings (SSSR count). The van der Waals surface area contributed by atoms with Gasteiger partial charge in [-0.1, -0.05) is 30.7 Å². The molecule has 1 aromatic carbocycles. The summed E-state index contributed by atoms with van der Waals surface area (Å²) in [4.78, 5) is 0. The van der Waals surface area contributed by atoms with Crippen molar-refractivity contribution in [3.05, 3.63) is 34.9 Å². The highest BCUT2D eigenvalue weighted by Gasteiger charge is 2.24. The van der Waals surface area contributed by atoms with E-state index >= 15 is 0 Å². The molecule has 0 heterocycles. The van der Waals surface area contributed by atoms with Crippen molar-refractivity contribution >= 4 is 0 Å². The lowest BCUT2D eigenvalue weighted by Crippen LogP contribution is -2.29. The Labute approximate surface area is 105 Å². The van der Waals surface area contributed by atoms with Gasteiger partial charge in [0.25, 0.3) is 0 Å². The van der Waals surface area contributed by atoms with Crippen molar-refractivity contribution in [1.29, 1.82) is 0 Å². The molecule has 0 radical (unpaired) electrons. The first-order valence-electron chi connectivity index (χ1n) is 6.48. The van der Waals surface area contributed by atoms with E-state index in [0.29, 0.717) is 0 Å². The monoisotopic (exact) mass is 235 g/mol. The highest BCUT2D eigenvalue weighted by Crippen LogP contribution is 2.27. The maximum Gasteiger partial charge on any atom is 0.0883 e. The molecule has 17 heavy (non-hydrogen) atoms. The van der Waals surface area contributed by atoms with E-state index in [1.165, 1.54) is 5.56 Å².